The van der Waals surface area contributed by atoms with Gasteiger partial charge in [0, 0.05) is 22.2 Å². The number of amides is 2. The van der Waals surface area contributed by atoms with Gasteiger partial charge in [0.1, 0.15) is 5.69 Å². The molecule has 3 N–H and O–H groups in total. The first kappa shape index (κ1) is 14.8. The first-order valence-electron chi connectivity index (χ1n) is 5.68. The fourth-order valence-corrected chi connectivity index (χ4v) is 2.99. The van der Waals surface area contributed by atoms with Gasteiger partial charge in [-0.15, -0.1) is 0 Å². The topological polar surface area (TPSA) is 74.0 Å². The predicted molar refractivity (Wildman–Crippen MR) is 84.0 cm³/mol. The monoisotopic (exact) mass is 399 g/mol. The lowest BCUT2D eigenvalue weighted by atomic mass is 10.1. The number of carbonyl (C=O) groups excluding carboxylic acids is 2. The van der Waals surface area contributed by atoms with Gasteiger partial charge in [0.25, 0.3) is 11.8 Å². The number of nitrogens with one attached hydrogen (secondary N) is 3. The molecule has 0 unspecified atom stereocenters. The largest absolute Gasteiger partial charge is 0.357 e. The molecule has 0 bridgehead atoms. The second-order valence-corrected chi connectivity index (χ2v) is 5.70. The number of carbonyl (C=O) groups is 2. The van der Waals surface area contributed by atoms with Crippen molar-refractivity contribution in [2.45, 2.75) is 0 Å². The SMILES string of the molecule is CNC(=O)c1cc(Br)cc(Br)c1NC(=O)c1ccc[nH]1. The third kappa shape index (κ3) is 3.10. The average molecular weight is 401 g/mol. The normalized spacial score (nSPS) is 10.2. The summed E-state index contributed by atoms with van der Waals surface area (Å²) in [4.78, 5) is 26.8. The number of hydrogen-bond donors (Lipinski definition) is 3. The first-order valence-corrected chi connectivity index (χ1v) is 7.27. The van der Waals surface area contributed by atoms with Crippen LogP contribution in [0.1, 0.15) is 20.8 Å². The van der Waals surface area contributed by atoms with Crippen LogP contribution in [0.25, 0.3) is 0 Å². The number of rotatable bonds is 3. The highest BCUT2D eigenvalue weighted by molar-refractivity contribution is 9.11. The minimum Gasteiger partial charge on any atom is -0.357 e. The van der Waals surface area contributed by atoms with Crippen molar-refractivity contribution in [3.05, 3.63) is 50.7 Å². The molecule has 1 aromatic carbocycles. The van der Waals surface area contributed by atoms with E-state index in [1.165, 1.54) is 7.05 Å². The molecule has 0 radical (unpaired) electrons. The maximum absolute atomic E-state index is 12.1. The van der Waals surface area contributed by atoms with Gasteiger partial charge in [-0.05, 0) is 40.2 Å². The van der Waals surface area contributed by atoms with Gasteiger partial charge < -0.3 is 15.6 Å². The molecule has 2 aromatic rings. The molecule has 0 aliphatic heterocycles. The quantitative estimate of drug-likeness (QED) is 0.740. The van der Waals surface area contributed by atoms with Crippen LogP contribution in [-0.4, -0.2) is 23.8 Å². The smallest absolute Gasteiger partial charge is 0.272 e. The fourth-order valence-electron chi connectivity index (χ4n) is 1.67. The molecule has 1 heterocycles. The highest BCUT2D eigenvalue weighted by atomic mass is 79.9. The molecule has 1 aromatic heterocycles. The van der Waals surface area contributed by atoms with Crippen LogP contribution < -0.4 is 10.6 Å². The molecule has 0 fully saturated rings. The summed E-state index contributed by atoms with van der Waals surface area (Å²) in [5, 5.41) is 5.27. The maximum Gasteiger partial charge on any atom is 0.272 e. The van der Waals surface area contributed by atoms with Crippen LogP contribution in [0.5, 0.6) is 0 Å². The molecule has 104 valence electrons. The summed E-state index contributed by atoms with van der Waals surface area (Å²) in [6.45, 7) is 0. The second kappa shape index (κ2) is 6.23. The van der Waals surface area contributed by atoms with E-state index in [-0.39, 0.29) is 11.8 Å². The summed E-state index contributed by atoms with van der Waals surface area (Å²) in [5.41, 5.74) is 1.21. The van der Waals surface area contributed by atoms with Crippen molar-refractivity contribution in [2.75, 3.05) is 12.4 Å². The maximum atomic E-state index is 12.1. The van der Waals surface area contributed by atoms with E-state index in [0.29, 0.717) is 21.4 Å². The molecule has 0 spiro atoms. The molecular formula is C13H11Br2N3O2. The molecule has 0 atom stereocenters. The van der Waals surface area contributed by atoms with Crippen LogP contribution in [0, 0.1) is 0 Å². The van der Waals surface area contributed by atoms with Crippen LogP contribution in [0.15, 0.2) is 39.4 Å². The number of H-pyrrole nitrogens is 1. The Morgan fingerprint density at radius 1 is 1.20 bits per heavy atom. The Kier molecular flexibility index (Phi) is 4.61. The lowest BCUT2D eigenvalue weighted by Crippen LogP contribution is -2.22. The number of halogens is 2. The molecule has 20 heavy (non-hydrogen) atoms. The Morgan fingerprint density at radius 3 is 2.55 bits per heavy atom. The van der Waals surface area contributed by atoms with E-state index in [2.05, 4.69) is 47.5 Å². The van der Waals surface area contributed by atoms with Gasteiger partial charge in [-0.3, -0.25) is 9.59 Å². The molecule has 0 saturated carbocycles. The van der Waals surface area contributed by atoms with Crippen LogP contribution in [0.3, 0.4) is 0 Å². The van der Waals surface area contributed by atoms with Crippen molar-refractivity contribution in [3.8, 4) is 0 Å². The van der Waals surface area contributed by atoms with Gasteiger partial charge in [-0.1, -0.05) is 15.9 Å². The van der Waals surface area contributed by atoms with Gasteiger partial charge >= 0.3 is 0 Å². The van der Waals surface area contributed by atoms with Gasteiger partial charge in [0.2, 0.25) is 0 Å². The molecular weight excluding hydrogens is 390 g/mol. The highest BCUT2D eigenvalue weighted by Gasteiger charge is 2.17. The standard InChI is InChI=1S/C13H11Br2N3O2/c1-16-12(19)8-5-7(14)6-9(15)11(8)18-13(20)10-3-2-4-17-10/h2-6,17H,1H3,(H,16,19)(H,18,20). The molecule has 2 amide bonds. The molecule has 2 rings (SSSR count). The number of aromatic amines is 1. The van der Waals surface area contributed by atoms with Crippen LogP contribution in [0.4, 0.5) is 5.69 Å². The van der Waals surface area contributed by atoms with Gasteiger partial charge in [0.05, 0.1) is 11.3 Å². The van der Waals surface area contributed by atoms with Crippen molar-refractivity contribution < 1.29 is 9.59 Å². The zero-order valence-corrected chi connectivity index (χ0v) is 13.6. The zero-order valence-electron chi connectivity index (χ0n) is 10.5. The van der Waals surface area contributed by atoms with Crippen LogP contribution in [0.2, 0.25) is 0 Å². The van der Waals surface area contributed by atoms with E-state index in [0.717, 1.165) is 4.47 Å². The number of anilines is 1. The Balaban J connectivity index is 2.40. The zero-order chi connectivity index (χ0) is 14.7. The summed E-state index contributed by atoms with van der Waals surface area (Å²) in [6.07, 6.45) is 1.66. The van der Waals surface area contributed by atoms with Crippen molar-refractivity contribution in [1.82, 2.24) is 10.3 Å². The molecule has 0 aliphatic carbocycles. The minimum absolute atomic E-state index is 0.284. The second-order valence-electron chi connectivity index (χ2n) is 3.93. The summed E-state index contributed by atoms with van der Waals surface area (Å²) in [7, 11) is 1.54. The molecule has 5 nitrogen and oxygen atoms in total. The molecule has 0 aliphatic rings. The van der Waals surface area contributed by atoms with E-state index in [1.807, 2.05) is 0 Å². The Morgan fingerprint density at radius 2 is 1.95 bits per heavy atom. The third-order valence-electron chi connectivity index (χ3n) is 2.61. The average Bonchev–Trinajstić information content (AvgIpc) is 2.94. The van der Waals surface area contributed by atoms with E-state index in [4.69, 9.17) is 0 Å². The Bertz CT molecular complexity index is 654. The lowest BCUT2D eigenvalue weighted by molar-refractivity contribution is 0.0964. The van der Waals surface area contributed by atoms with E-state index >= 15 is 0 Å². The summed E-state index contributed by atoms with van der Waals surface area (Å²) in [5.74, 6) is -0.600. The number of aromatic nitrogens is 1. The molecule has 0 saturated heterocycles. The van der Waals surface area contributed by atoms with Crippen molar-refractivity contribution in [3.63, 3.8) is 0 Å². The minimum atomic E-state index is -0.317. The van der Waals surface area contributed by atoms with Crippen molar-refractivity contribution in [1.29, 1.82) is 0 Å². The van der Waals surface area contributed by atoms with Crippen LogP contribution in [-0.2, 0) is 0 Å². The summed E-state index contributed by atoms with van der Waals surface area (Å²) in [6, 6.07) is 6.79. The summed E-state index contributed by atoms with van der Waals surface area (Å²) >= 11 is 6.67. The van der Waals surface area contributed by atoms with Gasteiger partial charge in [-0.2, -0.15) is 0 Å². The fraction of sp³-hybridized carbons (Fsp3) is 0.0769. The van der Waals surface area contributed by atoms with Gasteiger partial charge in [-0.25, -0.2) is 0 Å². The number of benzene rings is 1. The highest BCUT2D eigenvalue weighted by Crippen LogP contribution is 2.31. The lowest BCUT2D eigenvalue weighted by Gasteiger charge is -2.12. The van der Waals surface area contributed by atoms with E-state index < -0.39 is 0 Å². The summed E-state index contributed by atoms with van der Waals surface area (Å²) < 4.78 is 1.35. The number of hydrogen-bond acceptors (Lipinski definition) is 2. The third-order valence-corrected chi connectivity index (χ3v) is 3.69. The van der Waals surface area contributed by atoms with Gasteiger partial charge in [0.15, 0.2) is 0 Å². The Hall–Kier alpha value is -1.60. The van der Waals surface area contributed by atoms with Crippen LogP contribution >= 0.6 is 31.9 Å². The first-order chi connectivity index (χ1) is 9.52. The van der Waals surface area contributed by atoms with E-state index in [1.54, 1.807) is 30.5 Å². The molecule has 7 heteroatoms. The van der Waals surface area contributed by atoms with Crippen molar-refractivity contribution >= 4 is 49.4 Å². The predicted octanol–water partition coefficient (Wildman–Crippen LogP) is 3.15. The van der Waals surface area contributed by atoms with E-state index in [9.17, 15) is 9.59 Å². The Labute approximate surface area is 132 Å². The van der Waals surface area contributed by atoms with Crippen molar-refractivity contribution in [2.24, 2.45) is 0 Å².